The standard InChI is InChI=1S/C30H56N8O6P2S/c1-23-35-29(37-28-4-3-25(44-28)5-15-46-22-45)27(17-32)30(36-23)38-19-26(20-38)47-16-14-42-43-21-24(33)18-34-7-11-39-8-2-9-40-12-13-41-10-6-31/h17-18,25-26,28,32,34,46H,2-16,19-22,31,33,45H2,1H3,(H,35,36,37)/b24-18-,32-17?. The number of hydrogen-bond acceptors (Lipinski definition) is 15. The van der Waals surface area contributed by atoms with E-state index in [4.69, 9.17) is 45.6 Å². The fourth-order valence-corrected chi connectivity index (χ4v) is 7.28. The van der Waals surface area contributed by atoms with Crippen molar-refractivity contribution in [1.29, 1.82) is 5.41 Å². The highest BCUT2D eigenvalue weighted by Gasteiger charge is 2.32. The predicted molar refractivity (Wildman–Crippen MR) is 195 cm³/mol. The van der Waals surface area contributed by atoms with Gasteiger partial charge in [0.25, 0.3) is 0 Å². The van der Waals surface area contributed by atoms with E-state index in [1.54, 1.807) is 6.20 Å². The van der Waals surface area contributed by atoms with Crippen LogP contribution >= 0.6 is 29.6 Å². The summed E-state index contributed by atoms with van der Waals surface area (Å²) in [4.78, 5) is 22.1. The summed E-state index contributed by atoms with van der Waals surface area (Å²) in [5.74, 6) is 4.12. The Hall–Kier alpha value is -1.38. The van der Waals surface area contributed by atoms with Crippen molar-refractivity contribution in [3.63, 3.8) is 0 Å². The zero-order valence-electron chi connectivity index (χ0n) is 27.8. The quantitative estimate of drug-likeness (QED) is 0.0280. The molecule has 268 valence electrons. The van der Waals surface area contributed by atoms with Crippen molar-refractivity contribution in [3.8, 4) is 0 Å². The van der Waals surface area contributed by atoms with E-state index in [-0.39, 0.29) is 12.8 Å². The fraction of sp³-hybridized carbons (Fsp3) is 0.767. The second-order valence-corrected chi connectivity index (χ2v) is 15.1. The van der Waals surface area contributed by atoms with Gasteiger partial charge in [-0.1, -0.05) is 0 Å². The van der Waals surface area contributed by atoms with E-state index < -0.39 is 0 Å². The molecule has 0 aliphatic carbocycles. The molecule has 7 N–H and O–H groups in total. The molecule has 0 bridgehead atoms. The van der Waals surface area contributed by atoms with Gasteiger partial charge in [0, 0.05) is 62.8 Å². The molecule has 2 aliphatic heterocycles. The molecule has 0 spiro atoms. The Kier molecular flexibility index (Phi) is 21.1. The van der Waals surface area contributed by atoms with Crippen molar-refractivity contribution < 1.29 is 28.7 Å². The summed E-state index contributed by atoms with van der Waals surface area (Å²) in [5, 5.41) is 15.1. The van der Waals surface area contributed by atoms with Crippen LogP contribution in [0.15, 0.2) is 11.9 Å². The first-order chi connectivity index (χ1) is 23.0. The Morgan fingerprint density at radius 1 is 1.11 bits per heavy atom. The third-order valence-electron chi connectivity index (χ3n) is 7.24. The number of aromatic nitrogens is 2. The lowest BCUT2D eigenvalue weighted by Gasteiger charge is -2.40. The number of thioether (sulfide) groups is 1. The van der Waals surface area contributed by atoms with Crippen molar-refractivity contribution in [1.82, 2.24) is 15.3 Å². The average Bonchev–Trinajstić information content (AvgIpc) is 3.48. The van der Waals surface area contributed by atoms with E-state index in [2.05, 4.69) is 34.7 Å². The third-order valence-corrected chi connectivity index (χ3v) is 10.2. The maximum Gasteiger partial charge on any atom is 0.143 e. The molecule has 0 aromatic carbocycles. The van der Waals surface area contributed by atoms with Crippen molar-refractivity contribution >= 4 is 47.4 Å². The van der Waals surface area contributed by atoms with Crippen LogP contribution in [-0.4, -0.2) is 131 Å². The largest absolute Gasteiger partial charge is 0.399 e. The van der Waals surface area contributed by atoms with Crippen LogP contribution in [0.5, 0.6) is 0 Å². The average molecular weight is 719 g/mol. The van der Waals surface area contributed by atoms with E-state index in [1.807, 2.05) is 18.7 Å². The lowest BCUT2D eigenvalue weighted by atomic mass is 10.1. The van der Waals surface area contributed by atoms with Crippen molar-refractivity contribution in [2.75, 3.05) is 107 Å². The number of hydrogen-bond donors (Lipinski definition) is 5. The molecule has 0 radical (unpaired) electrons. The Morgan fingerprint density at radius 2 is 1.89 bits per heavy atom. The number of nitrogens with zero attached hydrogens (tertiary/aromatic N) is 3. The third kappa shape index (κ3) is 16.3. The Labute approximate surface area is 288 Å². The summed E-state index contributed by atoms with van der Waals surface area (Å²) in [6, 6.07) is 0. The number of nitrogens with two attached hydrogens (primary N) is 2. The molecular formula is C30H56N8O6P2S. The highest BCUT2D eigenvalue weighted by Crippen LogP contribution is 2.33. The van der Waals surface area contributed by atoms with Crippen LogP contribution in [0.3, 0.4) is 0 Å². The molecule has 3 rings (SSSR count). The van der Waals surface area contributed by atoms with Gasteiger partial charge in [0.1, 0.15) is 30.3 Å². The van der Waals surface area contributed by atoms with Gasteiger partial charge in [0.15, 0.2) is 0 Å². The Morgan fingerprint density at radius 3 is 2.66 bits per heavy atom. The van der Waals surface area contributed by atoms with Crippen molar-refractivity contribution in [2.45, 2.75) is 50.2 Å². The maximum absolute atomic E-state index is 8.10. The molecule has 2 fully saturated rings. The molecule has 17 heteroatoms. The van der Waals surface area contributed by atoms with Gasteiger partial charge in [-0.15, -0.1) is 17.8 Å². The molecule has 47 heavy (non-hydrogen) atoms. The van der Waals surface area contributed by atoms with Crippen molar-refractivity contribution in [3.05, 3.63) is 23.3 Å². The summed E-state index contributed by atoms with van der Waals surface area (Å²) < 4.78 is 22.5. The number of ether oxygens (including phenoxy) is 4. The fourth-order valence-electron chi connectivity index (χ4n) is 4.87. The van der Waals surface area contributed by atoms with Crippen LogP contribution in [0.4, 0.5) is 11.6 Å². The minimum Gasteiger partial charge on any atom is -0.399 e. The zero-order valence-corrected chi connectivity index (χ0v) is 30.7. The molecule has 0 amide bonds. The molecule has 4 atom stereocenters. The number of rotatable bonds is 28. The van der Waals surface area contributed by atoms with Crippen LogP contribution in [0.2, 0.25) is 0 Å². The number of aryl methyl sites for hydroxylation is 1. The van der Waals surface area contributed by atoms with Crippen LogP contribution < -0.4 is 27.0 Å². The van der Waals surface area contributed by atoms with E-state index >= 15 is 0 Å². The number of nitrogens with one attached hydrogen (secondary N) is 3. The normalized spacial score (nSPS) is 18.7. The van der Waals surface area contributed by atoms with E-state index in [0.29, 0.717) is 93.6 Å². The summed E-state index contributed by atoms with van der Waals surface area (Å²) >= 11 is 1.83. The predicted octanol–water partition coefficient (Wildman–Crippen LogP) is 2.26. The van der Waals surface area contributed by atoms with Gasteiger partial charge in [0.05, 0.1) is 50.4 Å². The van der Waals surface area contributed by atoms with Crippen LogP contribution in [0, 0.1) is 12.3 Å². The molecule has 2 saturated heterocycles. The van der Waals surface area contributed by atoms with Gasteiger partial charge in [-0.3, -0.25) is 0 Å². The SMILES string of the molecule is Cc1nc(NC2CCC(CCPCP)O2)c(C=N)c(N2CC(SCCOOC/C(N)=C/NCCOCCCOCCOCCN)C2)n1. The summed E-state index contributed by atoms with van der Waals surface area (Å²) in [6.07, 6.45) is 8.42. The highest BCUT2D eigenvalue weighted by atomic mass is 32.2. The van der Waals surface area contributed by atoms with Crippen molar-refractivity contribution in [2.24, 2.45) is 11.5 Å². The summed E-state index contributed by atoms with van der Waals surface area (Å²) in [5.41, 5.74) is 12.6. The van der Waals surface area contributed by atoms with E-state index in [1.165, 1.54) is 12.4 Å². The van der Waals surface area contributed by atoms with Crippen LogP contribution in [0.1, 0.15) is 37.1 Å². The van der Waals surface area contributed by atoms with Gasteiger partial charge in [-0.05, 0) is 44.7 Å². The Balaban J connectivity index is 1.21. The topological polar surface area (TPSA) is 184 Å². The minimum atomic E-state index is -0.0797. The van der Waals surface area contributed by atoms with E-state index in [9.17, 15) is 0 Å². The molecule has 0 saturated carbocycles. The molecule has 4 unspecified atom stereocenters. The molecule has 14 nitrogen and oxygen atoms in total. The number of anilines is 2. The zero-order chi connectivity index (χ0) is 33.5. The van der Waals surface area contributed by atoms with Gasteiger partial charge in [-0.2, -0.15) is 11.8 Å². The van der Waals surface area contributed by atoms with Gasteiger partial charge in [-0.25, -0.2) is 19.7 Å². The highest BCUT2D eigenvalue weighted by molar-refractivity contribution is 8.00. The molecule has 1 aromatic heterocycles. The minimum absolute atomic E-state index is 0.0797. The van der Waals surface area contributed by atoms with E-state index in [0.717, 1.165) is 64.8 Å². The first kappa shape index (κ1) is 40.1. The second-order valence-electron chi connectivity index (χ2n) is 11.1. The monoisotopic (exact) mass is 718 g/mol. The first-order valence-electron chi connectivity index (χ1n) is 16.5. The first-order valence-corrected chi connectivity index (χ1v) is 19.8. The molecule has 2 aliphatic rings. The van der Waals surface area contributed by atoms with Crippen LogP contribution in [-0.2, 0) is 28.7 Å². The summed E-state index contributed by atoms with van der Waals surface area (Å²) in [6.45, 7) is 8.98. The lowest BCUT2D eigenvalue weighted by molar-refractivity contribution is -0.283. The molecule has 3 heterocycles. The molecular weight excluding hydrogens is 662 g/mol. The lowest BCUT2D eigenvalue weighted by Crippen LogP contribution is -2.50. The second kappa shape index (κ2) is 24.7. The maximum atomic E-state index is 8.10. The van der Waals surface area contributed by atoms with Gasteiger partial charge >= 0.3 is 0 Å². The van der Waals surface area contributed by atoms with Crippen LogP contribution in [0.25, 0.3) is 0 Å². The summed E-state index contributed by atoms with van der Waals surface area (Å²) in [7, 11) is 3.77. The Bertz CT molecular complexity index is 1050. The van der Waals surface area contributed by atoms with Gasteiger partial charge < -0.3 is 51.4 Å². The van der Waals surface area contributed by atoms with Gasteiger partial charge in [0.2, 0.25) is 0 Å². The smallest absolute Gasteiger partial charge is 0.143 e. The molecule has 1 aromatic rings.